The van der Waals surface area contributed by atoms with E-state index in [1.54, 1.807) is 12.4 Å². The molecule has 1 heterocycles. The molecule has 0 unspecified atom stereocenters. The van der Waals surface area contributed by atoms with Crippen molar-refractivity contribution in [2.24, 2.45) is 5.92 Å². The molecule has 1 amide bonds. The number of carbonyl (C=O) groups excluding carboxylic acids is 2. The number of aldehydes is 1. The number of rotatable bonds is 1. The van der Waals surface area contributed by atoms with Crippen LogP contribution in [-0.4, -0.2) is 17.1 Å². The Bertz CT molecular complexity index is 266. The van der Waals surface area contributed by atoms with Gasteiger partial charge in [0.2, 0.25) is 5.91 Å². The van der Waals surface area contributed by atoms with Crippen LogP contribution in [0.5, 0.6) is 0 Å². The van der Waals surface area contributed by atoms with E-state index in [2.05, 4.69) is 0 Å². The van der Waals surface area contributed by atoms with Crippen LogP contribution >= 0.6 is 0 Å². The molecule has 0 aromatic rings. The maximum Gasteiger partial charge on any atom is 0.227 e. The number of amides is 1. The molecule has 0 bridgehead atoms. The van der Waals surface area contributed by atoms with Crippen molar-refractivity contribution in [2.45, 2.75) is 13.8 Å². The summed E-state index contributed by atoms with van der Waals surface area (Å²) in [5, 5.41) is 0. The van der Waals surface area contributed by atoms with Crippen molar-refractivity contribution in [2.75, 3.05) is 0 Å². The van der Waals surface area contributed by atoms with Crippen molar-refractivity contribution in [3.8, 4) is 0 Å². The van der Waals surface area contributed by atoms with Crippen molar-refractivity contribution >= 4 is 12.2 Å². The maximum atomic E-state index is 10.9. The van der Waals surface area contributed by atoms with Gasteiger partial charge in [0.05, 0.1) is 0 Å². The average molecular weight is 165 g/mol. The van der Waals surface area contributed by atoms with Gasteiger partial charge in [-0.05, 0) is 0 Å². The number of carbonyl (C=O) groups is 2. The minimum atomic E-state index is -0.0856. The summed E-state index contributed by atoms with van der Waals surface area (Å²) >= 11 is 0. The maximum absolute atomic E-state index is 10.9. The van der Waals surface area contributed by atoms with Gasteiger partial charge in [0, 0.05) is 30.8 Å². The first-order chi connectivity index (χ1) is 5.65. The van der Waals surface area contributed by atoms with E-state index in [9.17, 15) is 9.59 Å². The second-order valence-electron chi connectivity index (χ2n) is 2.80. The van der Waals surface area contributed by atoms with Crippen molar-refractivity contribution in [1.82, 2.24) is 4.90 Å². The normalized spacial score (nSPS) is 22.0. The van der Waals surface area contributed by atoms with E-state index in [0.29, 0.717) is 5.57 Å². The van der Waals surface area contributed by atoms with Crippen molar-refractivity contribution in [3.05, 3.63) is 24.0 Å². The lowest BCUT2D eigenvalue weighted by molar-refractivity contribution is -0.124. The molecule has 1 atom stereocenters. The van der Waals surface area contributed by atoms with Gasteiger partial charge in [0.25, 0.3) is 0 Å². The fraction of sp³-hybridized carbons (Fsp3) is 0.333. The first-order valence-corrected chi connectivity index (χ1v) is 3.79. The predicted octanol–water partition coefficient (Wildman–Crippen LogP) is 1.08. The van der Waals surface area contributed by atoms with Gasteiger partial charge in [0.15, 0.2) is 0 Å². The highest BCUT2D eigenvalue weighted by Gasteiger charge is 2.13. The molecule has 0 saturated heterocycles. The van der Waals surface area contributed by atoms with E-state index in [1.807, 2.05) is 13.0 Å². The molecule has 0 aromatic heterocycles. The van der Waals surface area contributed by atoms with Gasteiger partial charge in [-0.3, -0.25) is 14.5 Å². The third kappa shape index (κ3) is 1.61. The molecule has 12 heavy (non-hydrogen) atoms. The molecule has 3 nitrogen and oxygen atoms in total. The number of hydrogen-bond donors (Lipinski definition) is 0. The van der Waals surface area contributed by atoms with E-state index in [1.165, 1.54) is 11.8 Å². The van der Waals surface area contributed by atoms with Gasteiger partial charge >= 0.3 is 0 Å². The van der Waals surface area contributed by atoms with E-state index in [-0.39, 0.29) is 11.8 Å². The summed E-state index contributed by atoms with van der Waals surface area (Å²) < 4.78 is 0. The third-order valence-electron chi connectivity index (χ3n) is 1.85. The Balaban J connectivity index is 2.86. The first-order valence-electron chi connectivity index (χ1n) is 3.79. The molecular weight excluding hydrogens is 154 g/mol. The first kappa shape index (κ1) is 8.71. The lowest BCUT2D eigenvalue weighted by Gasteiger charge is -2.19. The Kier molecular flexibility index (Phi) is 2.43. The van der Waals surface area contributed by atoms with Gasteiger partial charge in [-0.1, -0.05) is 13.0 Å². The van der Waals surface area contributed by atoms with Crippen LogP contribution in [0, 0.1) is 5.92 Å². The molecule has 64 valence electrons. The van der Waals surface area contributed by atoms with Crippen LogP contribution in [0.25, 0.3) is 0 Å². The lowest BCUT2D eigenvalue weighted by Crippen LogP contribution is -2.21. The Morgan fingerprint density at radius 2 is 2.33 bits per heavy atom. The summed E-state index contributed by atoms with van der Waals surface area (Å²) in [4.78, 5) is 22.8. The molecule has 1 aliphatic rings. The van der Waals surface area contributed by atoms with Crippen LogP contribution in [0.3, 0.4) is 0 Å². The molecule has 0 spiro atoms. The summed E-state index contributed by atoms with van der Waals surface area (Å²) in [6, 6.07) is 0. The fourth-order valence-corrected chi connectivity index (χ4v) is 0.988. The smallest absolute Gasteiger partial charge is 0.227 e. The van der Waals surface area contributed by atoms with Gasteiger partial charge in [-0.2, -0.15) is 0 Å². The van der Waals surface area contributed by atoms with Crippen LogP contribution in [0.15, 0.2) is 24.0 Å². The highest BCUT2D eigenvalue weighted by molar-refractivity contribution is 5.80. The van der Waals surface area contributed by atoms with Gasteiger partial charge in [-0.15, -0.1) is 0 Å². The predicted molar refractivity (Wildman–Crippen MR) is 45.0 cm³/mol. The van der Waals surface area contributed by atoms with E-state index in [0.717, 1.165) is 6.29 Å². The van der Waals surface area contributed by atoms with E-state index >= 15 is 0 Å². The van der Waals surface area contributed by atoms with Crippen molar-refractivity contribution < 1.29 is 9.59 Å². The summed E-state index contributed by atoms with van der Waals surface area (Å²) in [5.74, 6) is 0.0237. The van der Waals surface area contributed by atoms with Gasteiger partial charge in [0.1, 0.15) is 6.29 Å². The zero-order valence-corrected chi connectivity index (χ0v) is 7.15. The number of allylic oxidation sites excluding steroid dienone is 2. The van der Waals surface area contributed by atoms with Gasteiger partial charge in [-0.25, -0.2) is 0 Å². The highest BCUT2D eigenvalue weighted by Crippen LogP contribution is 2.16. The monoisotopic (exact) mass is 165 g/mol. The molecule has 0 saturated carbocycles. The zero-order chi connectivity index (χ0) is 9.14. The van der Waals surface area contributed by atoms with Gasteiger partial charge < -0.3 is 0 Å². The Morgan fingerprint density at radius 1 is 1.67 bits per heavy atom. The second-order valence-corrected chi connectivity index (χ2v) is 2.80. The minimum Gasteiger partial charge on any atom is -0.298 e. The quantitative estimate of drug-likeness (QED) is 0.545. The van der Waals surface area contributed by atoms with Crippen LogP contribution in [0.1, 0.15) is 13.8 Å². The fourth-order valence-electron chi connectivity index (χ4n) is 0.988. The molecule has 1 rings (SSSR count). The molecule has 0 radical (unpaired) electrons. The largest absolute Gasteiger partial charge is 0.298 e. The SMILES string of the molecule is CC(=O)N1C=C[C@@H](C)C(C=O)=C1. The number of nitrogens with zero attached hydrogens (tertiary/aromatic N) is 1. The summed E-state index contributed by atoms with van der Waals surface area (Å²) in [6.07, 6.45) is 5.86. The van der Waals surface area contributed by atoms with E-state index < -0.39 is 0 Å². The summed E-state index contributed by atoms with van der Waals surface area (Å²) in [5.41, 5.74) is 0.632. The van der Waals surface area contributed by atoms with Crippen molar-refractivity contribution in [3.63, 3.8) is 0 Å². The standard InChI is InChI=1S/C9H11NO2/c1-7-3-4-10(8(2)12)5-9(7)6-11/h3-7H,1-2H3/t7-/m1/s1. The molecule has 0 N–H and O–H groups in total. The molecule has 3 heteroatoms. The Morgan fingerprint density at radius 3 is 2.83 bits per heavy atom. The molecular formula is C9H11NO2. The summed E-state index contributed by atoms with van der Waals surface area (Å²) in [7, 11) is 0. The lowest BCUT2D eigenvalue weighted by atomic mass is 10.0. The zero-order valence-electron chi connectivity index (χ0n) is 7.15. The minimum absolute atomic E-state index is 0.0856. The van der Waals surface area contributed by atoms with Crippen molar-refractivity contribution in [1.29, 1.82) is 0 Å². The van der Waals surface area contributed by atoms with E-state index in [4.69, 9.17) is 0 Å². The highest BCUT2D eigenvalue weighted by atomic mass is 16.2. The topological polar surface area (TPSA) is 37.4 Å². The summed E-state index contributed by atoms with van der Waals surface area (Å²) in [6.45, 7) is 3.37. The molecule has 0 aliphatic carbocycles. The molecule has 0 fully saturated rings. The van der Waals surface area contributed by atoms with Crippen LogP contribution in [-0.2, 0) is 9.59 Å². The Labute approximate surface area is 71.4 Å². The van der Waals surface area contributed by atoms with Crippen LogP contribution in [0.4, 0.5) is 0 Å². The average Bonchev–Trinajstić information content (AvgIpc) is 2.05. The molecule has 0 aromatic carbocycles. The second kappa shape index (κ2) is 3.34. The Hall–Kier alpha value is -1.38. The molecule has 1 aliphatic heterocycles. The number of hydrogen-bond acceptors (Lipinski definition) is 2. The third-order valence-corrected chi connectivity index (χ3v) is 1.85. The van der Waals surface area contributed by atoms with Crippen LogP contribution < -0.4 is 0 Å². The van der Waals surface area contributed by atoms with Crippen LogP contribution in [0.2, 0.25) is 0 Å².